The van der Waals surface area contributed by atoms with Gasteiger partial charge in [-0.25, -0.2) is 4.68 Å². The van der Waals surface area contributed by atoms with Gasteiger partial charge in [-0.3, -0.25) is 14.5 Å². The average molecular weight is 440 g/mol. The fourth-order valence-corrected chi connectivity index (χ4v) is 4.73. The van der Waals surface area contributed by atoms with Crippen molar-refractivity contribution in [2.24, 2.45) is 5.92 Å². The zero-order chi connectivity index (χ0) is 22.3. The summed E-state index contributed by atoms with van der Waals surface area (Å²) in [5, 5.41) is 14.8. The summed E-state index contributed by atoms with van der Waals surface area (Å²) in [6.07, 6.45) is 5.00. The van der Waals surface area contributed by atoms with Crippen molar-refractivity contribution in [3.8, 4) is 0 Å². The average Bonchev–Trinajstić information content (AvgIpc) is 3.50. The molecule has 1 saturated carbocycles. The van der Waals surface area contributed by atoms with Crippen molar-refractivity contribution < 1.29 is 9.59 Å². The number of carbonyl (C=O) groups excluding carboxylic acids is 2. The van der Waals surface area contributed by atoms with E-state index in [4.69, 9.17) is 0 Å². The lowest BCUT2D eigenvalue weighted by Gasteiger charge is -2.36. The highest BCUT2D eigenvalue weighted by molar-refractivity contribution is 5.80. The van der Waals surface area contributed by atoms with Crippen LogP contribution in [0.25, 0.3) is 0 Å². The second kappa shape index (κ2) is 10.7. The molecule has 1 aliphatic heterocycles. The van der Waals surface area contributed by atoms with Crippen LogP contribution in [0.1, 0.15) is 43.1 Å². The van der Waals surface area contributed by atoms with Gasteiger partial charge in [0.15, 0.2) is 0 Å². The number of tetrazole rings is 1. The number of hydrogen-bond acceptors (Lipinski definition) is 6. The predicted molar refractivity (Wildman–Crippen MR) is 120 cm³/mol. The lowest BCUT2D eigenvalue weighted by Crippen LogP contribution is -2.51. The zero-order valence-electron chi connectivity index (χ0n) is 18.8. The molecule has 2 amide bonds. The van der Waals surface area contributed by atoms with E-state index < -0.39 is 6.04 Å². The van der Waals surface area contributed by atoms with Gasteiger partial charge in [-0.05, 0) is 35.8 Å². The standard InChI is InChI=1S/C23H33N7O2/c1-18-25-26-27-30(18)21(17-19-7-3-2-4-8-19)22(31)24-11-12-28-13-15-29(16-14-28)23(32)20-9-5-6-10-20/h2-4,7-8,20-21H,5-6,9-17H2,1H3,(H,24,31). The summed E-state index contributed by atoms with van der Waals surface area (Å²) in [5.41, 5.74) is 1.06. The van der Waals surface area contributed by atoms with Crippen LogP contribution in [-0.4, -0.2) is 81.1 Å². The summed E-state index contributed by atoms with van der Waals surface area (Å²) in [6.45, 7) is 6.40. The van der Waals surface area contributed by atoms with Crippen molar-refractivity contribution in [1.82, 2.24) is 35.3 Å². The number of hydrogen-bond donors (Lipinski definition) is 1. The Morgan fingerprint density at radius 2 is 1.81 bits per heavy atom. The maximum absolute atomic E-state index is 13.0. The number of carbonyl (C=O) groups is 2. The molecule has 1 saturated heterocycles. The van der Waals surface area contributed by atoms with Crippen molar-refractivity contribution in [3.05, 3.63) is 41.7 Å². The molecule has 32 heavy (non-hydrogen) atoms. The maximum Gasteiger partial charge on any atom is 0.245 e. The first kappa shape index (κ1) is 22.4. The van der Waals surface area contributed by atoms with Crippen molar-refractivity contribution >= 4 is 11.8 Å². The molecule has 1 aliphatic carbocycles. The fraction of sp³-hybridized carbons (Fsp3) is 0.609. The Hall–Kier alpha value is -2.81. The third-order valence-corrected chi connectivity index (χ3v) is 6.64. The van der Waals surface area contributed by atoms with Gasteiger partial charge < -0.3 is 10.2 Å². The van der Waals surface area contributed by atoms with Crippen LogP contribution in [0, 0.1) is 12.8 Å². The van der Waals surface area contributed by atoms with E-state index in [1.54, 1.807) is 11.6 Å². The van der Waals surface area contributed by atoms with Gasteiger partial charge in [0.25, 0.3) is 0 Å². The van der Waals surface area contributed by atoms with Gasteiger partial charge in [0.1, 0.15) is 11.9 Å². The third-order valence-electron chi connectivity index (χ3n) is 6.64. The fourth-order valence-electron chi connectivity index (χ4n) is 4.73. The van der Waals surface area contributed by atoms with Gasteiger partial charge >= 0.3 is 0 Å². The summed E-state index contributed by atoms with van der Waals surface area (Å²) < 4.78 is 1.59. The zero-order valence-corrected chi connectivity index (χ0v) is 18.8. The van der Waals surface area contributed by atoms with Gasteiger partial charge in [-0.15, -0.1) is 5.10 Å². The van der Waals surface area contributed by atoms with Gasteiger partial charge in [-0.1, -0.05) is 43.2 Å². The van der Waals surface area contributed by atoms with Crippen LogP contribution in [0.3, 0.4) is 0 Å². The highest BCUT2D eigenvalue weighted by atomic mass is 16.2. The topological polar surface area (TPSA) is 96.2 Å². The molecule has 2 fully saturated rings. The van der Waals surface area contributed by atoms with Crippen molar-refractivity contribution in [2.45, 2.75) is 45.1 Å². The van der Waals surface area contributed by atoms with Gasteiger partial charge in [0.2, 0.25) is 11.8 Å². The first-order chi connectivity index (χ1) is 15.6. The lowest BCUT2D eigenvalue weighted by atomic mass is 10.1. The molecule has 4 rings (SSSR count). The van der Waals surface area contributed by atoms with Crippen LogP contribution in [0.4, 0.5) is 0 Å². The molecule has 2 aliphatic rings. The largest absolute Gasteiger partial charge is 0.353 e. The van der Waals surface area contributed by atoms with E-state index in [9.17, 15) is 9.59 Å². The van der Waals surface area contributed by atoms with Crippen LogP contribution in [-0.2, 0) is 16.0 Å². The minimum Gasteiger partial charge on any atom is -0.353 e. The Bertz CT molecular complexity index is 887. The number of amides is 2. The van der Waals surface area contributed by atoms with E-state index in [1.807, 2.05) is 35.2 Å². The van der Waals surface area contributed by atoms with E-state index in [0.717, 1.165) is 51.1 Å². The number of benzene rings is 1. The monoisotopic (exact) mass is 439 g/mol. The molecule has 1 N–H and O–H groups in total. The van der Waals surface area contributed by atoms with Crippen molar-refractivity contribution in [3.63, 3.8) is 0 Å². The van der Waals surface area contributed by atoms with Gasteiger partial charge in [-0.2, -0.15) is 0 Å². The molecule has 1 atom stereocenters. The Kier molecular flexibility index (Phi) is 7.47. The smallest absolute Gasteiger partial charge is 0.245 e. The molecule has 9 nitrogen and oxygen atoms in total. The molecule has 2 heterocycles. The predicted octanol–water partition coefficient (Wildman–Crippen LogP) is 1.22. The normalized spacial score (nSPS) is 18.6. The molecule has 0 bridgehead atoms. The molecule has 1 aromatic carbocycles. The number of aromatic nitrogens is 4. The molecular formula is C23H33N7O2. The number of nitrogens with one attached hydrogen (secondary N) is 1. The van der Waals surface area contributed by atoms with Crippen molar-refractivity contribution in [1.29, 1.82) is 0 Å². The van der Waals surface area contributed by atoms with Crippen molar-refractivity contribution in [2.75, 3.05) is 39.3 Å². The Labute approximate surface area is 189 Å². The van der Waals surface area contributed by atoms with Gasteiger partial charge in [0, 0.05) is 51.6 Å². The molecule has 0 spiro atoms. The Balaban J connectivity index is 1.25. The first-order valence-corrected chi connectivity index (χ1v) is 11.7. The van der Waals surface area contributed by atoms with E-state index in [1.165, 1.54) is 12.8 Å². The van der Waals surface area contributed by atoms with Crippen LogP contribution >= 0.6 is 0 Å². The van der Waals surface area contributed by atoms with E-state index in [2.05, 4.69) is 25.7 Å². The Morgan fingerprint density at radius 3 is 2.47 bits per heavy atom. The second-order valence-corrected chi connectivity index (χ2v) is 8.82. The quantitative estimate of drug-likeness (QED) is 0.664. The molecule has 0 radical (unpaired) electrons. The summed E-state index contributed by atoms with van der Waals surface area (Å²) in [4.78, 5) is 30.0. The molecule has 1 unspecified atom stereocenters. The third kappa shape index (κ3) is 5.51. The summed E-state index contributed by atoms with van der Waals surface area (Å²) >= 11 is 0. The highest BCUT2D eigenvalue weighted by Gasteiger charge is 2.29. The Morgan fingerprint density at radius 1 is 1.09 bits per heavy atom. The number of nitrogens with zero attached hydrogens (tertiary/aromatic N) is 6. The molecule has 2 aromatic rings. The summed E-state index contributed by atoms with van der Waals surface area (Å²) in [7, 11) is 0. The number of piperazine rings is 1. The van der Waals surface area contributed by atoms with Crippen LogP contribution in [0.2, 0.25) is 0 Å². The summed E-state index contributed by atoms with van der Waals surface area (Å²) in [5.74, 6) is 1.12. The number of rotatable bonds is 8. The maximum atomic E-state index is 13.0. The second-order valence-electron chi connectivity index (χ2n) is 8.82. The molecule has 172 valence electrons. The number of aryl methyl sites for hydroxylation is 1. The highest BCUT2D eigenvalue weighted by Crippen LogP contribution is 2.26. The minimum atomic E-state index is -0.492. The summed E-state index contributed by atoms with van der Waals surface area (Å²) in [6, 6.07) is 9.41. The van der Waals surface area contributed by atoms with Crippen LogP contribution < -0.4 is 5.32 Å². The SMILES string of the molecule is Cc1nnnn1C(Cc1ccccc1)C(=O)NCCN1CCN(C(=O)C2CCCC2)CC1. The van der Waals surface area contributed by atoms with Crippen LogP contribution in [0.5, 0.6) is 0 Å². The van der Waals surface area contributed by atoms with Gasteiger partial charge in [0.05, 0.1) is 0 Å². The van der Waals surface area contributed by atoms with E-state index >= 15 is 0 Å². The molecule has 1 aromatic heterocycles. The van der Waals surface area contributed by atoms with E-state index in [0.29, 0.717) is 24.7 Å². The van der Waals surface area contributed by atoms with Crippen LogP contribution in [0.15, 0.2) is 30.3 Å². The van der Waals surface area contributed by atoms with E-state index in [-0.39, 0.29) is 11.8 Å². The first-order valence-electron chi connectivity index (χ1n) is 11.7. The molecular weight excluding hydrogens is 406 g/mol. The molecule has 9 heteroatoms. The minimum absolute atomic E-state index is 0.0840. The lowest BCUT2D eigenvalue weighted by molar-refractivity contribution is -0.137.